The zero-order chi connectivity index (χ0) is 17.8. The summed E-state index contributed by atoms with van der Waals surface area (Å²) >= 11 is 11.6. The molecular formula is C18H17ClN4OS. The van der Waals surface area contributed by atoms with Crippen molar-refractivity contribution in [1.29, 1.82) is 0 Å². The molecule has 1 N–H and O–H groups in total. The number of aromatic nitrogens is 2. The molecule has 0 aliphatic rings. The van der Waals surface area contributed by atoms with E-state index in [4.69, 9.17) is 28.3 Å². The van der Waals surface area contributed by atoms with Crippen LogP contribution in [-0.2, 0) is 6.54 Å². The van der Waals surface area contributed by atoms with Crippen LogP contribution in [-0.4, -0.2) is 27.2 Å². The van der Waals surface area contributed by atoms with Crippen LogP contribution in [0.25, 0.3) is 11.4 Å². The minimum absolute atomic E-state index is 0.398. The number of hydrogen-bond acceptors (Lipinski definition) is 4. The first-order valence-corrected chi connectivity index (χ1v) is 8.48. The van der Waals surface area contributed by atoms with E-state index in [9.17, 15) is 0 Å². The van der Waals surface area contributed by atoms with Crippen LogP contribution in [0.2, 0.25) is 5.02 Å². The van der Waals surface area contributed by atoms with E-state index in [0.29, 0.717) is 28.4 Å². The number of rotatable bonds is 4. The number of anilines is 1. The van der Waals surface area contributed by atoms with Gasteiger partial charge in [-0.25, -0.2) is 0 Å². The molecule has 128 valence electrons. The van der Waals surface area contributed by atoms with Crippen molar-refractivity contribution in [3.63, 3.8) is 0 Å². The molecule has 0 aliphatic heterocycles. The molecule has 0 amide bonds. The van der Waals surface area contributed by atoms with E-state index >= 15 is 0 Å². The Balaban J connectivity index is 1.65. The summed E-state index contributed by atoms with van der Waals surface area (Å²) in [5.41, 5.74) is 2.87. The Bertz CT molecular complexity index is 879. The number of hydrogen-bond donors (Lipinski definition) is 1. The SMILES string of the molecule is Cc1ccc(NC(=S)N(C)Cc2nc(-c3ccccc3Cl)no2)cc1. The summed E-state index contributed by atoms with van der Waals surface area (Å²) in [6.07, 6.45) is 0. The van der Waals surface area contributed by atoms with Crippen molar-refractivity contribution in [1.82, 2.24) is 15.0 Å². The Labute approximate surface area is 156 Å². The number of nitrogens with one attached hydrogen (secondary N) is 1. The zero-order valence-corrected chi connectivity index (χ0v) is 15.4. The average Bonchev–Trinajstić information content (AvgIpc) is 3.05. The van der Waals surface area contributed by atoms with Gasteiger partial charge in [0.05, 0.1) is 11.6 Å². The average molecular weight is 373 g/mol. The lowest BCUT2D eigenvalue weighted by Crippen LogP contribution is -2.30. The molecule has 25 heavy (non-hydrogen) atoms. The standard InChI is InChI=1S/C18H17ClN4OS/c1-12-7-9-13(10-8-12)20-18(25)23(2)11-16-21-17(22-24-16)14-5-3-4-6-15(14)19/h3-10H,11H2,1-2H3,(H,20,25). The fourth-order valence-electron chi connectivity index (χ4n) is 2.20. The van der Waals surface area contributed by atoms with Crippen LogP contribution in [0, 0.1) is 6.92 Å². The van der Waals surface area contributed by atoms with E-state index < -0.39 is 0 Å². The van der Waals surface area contributed by atoms with Gasteiger partial charge in [-0.1, -0.05) is 46.6 Å². The largest absolute Gasteiger partial charge is 0.343 e. The Morgan fingerprint density at radius 3 is 2.64 bits per heavy atom. The molecule has 0 unspecified atom stereocenters. The summed E-state index contributed by atoms with van der Waals surface area (Å²) in [5, 5.41) is 8.33. The van der Waals surface area contributed by atoms with Gasteiger partial charge >= 0.3 is 0 Å². The number of halogens is 1. The summed E-state index contributed by atoms with van der Waals surface area (Å²) < 4.78 is 5.31. The number of thiocarbonyl (C=S) groups is 1. The quantitative estimate of drug-likeness (QED) is 0.679. The Kier molecular flexibility index (Phi) is 5.31. The Morgan fingerprint density at radius 2 is 1.92 bits per heavy atom. The summed E-state index contributed by atoms with van der Waals surface area (Å²) in [4.78, 5) is 6.22. The molecule has 2 aromatic carbocycles. The predicted octanol–water partition coefficient (Wildman–Crippen LogP) is 4.53. The van der Waals surface area contributed by atoms with E-state index in [1.807, 2.05) is 61.3 Å². The highest BCUT2D eigenvalue weighted by Crippen LogP contribution is 2.25. The van der Waals surface area contributed by atoms with Gasteiger partial charge in [-0.15, -0.1) is 0 Å². The van der Waals surface area contributed by atoms with E-state index in [1.165, 1.54) is 5.56 Å². The number of nitrogens with zero attached hydrogens (tertiary/aromatic N) is 3. The summed E-state index contributed by atoms with van der Waals surface area (Å²) in [7, 11) is 1.86. The number of benzene rings is 2. The highest BCUT2D eigenvalue weighted by molar-refractivity contribution is 7.80. The van der Waals surface area contributed by atoms with Gasteiger partial charge in [-0.3, -0.25) is 0 Å². The van der Waals surface area contributed by atoms with Gasteiger partial charge in [0.2, 0.25) is 11.7 Å². The molecule has 0 bridgehead atoms. The number of aryl methyl sites for hydroxylation is 1. The van der Waals surface area contributed by atoms with Gasteiger partial charge in [0.1, 0.15) is 0 Å². The van der Waals surface area contributed by atoms with Crippen LogP contribution < -0.4 is 5.32 Å². The fraction of sp³-hybridized carbons (Fsp3) is 0.167. The van der Waals surface area contributed by atoms with Crippen LogP contribution in [0.5, 0.6) is 0 Å². The molecule has 0 atom stereocenters. The highest BCUT2D eigenvalue weighted by atomic mass is 35.5. The van der Waals surface area contributed by atoms with Crippen molar-refractivity contribution in [2.45, 2.75) is 13.5 Å². The first-order chi connectivity index (χ1) is 12.0. The fourth-order valence-corrected chi connectivity index (χ4v) is 2.60. The molecule has 3 aromatic rings. The van der Waals surface area contributed by atoms with Crippen LogP contribution in [0.1, 0.15) is 11.5 Å². The van der Waals surface area contributed by atoms with Gasteiger partial charge < -0.3 is 14.7 Å². The van der Waals surface area contributed by atoms with E-state index in [2.05, 4.69) is 15.5 Å². The van der Waals surface area contributed by atoms with Crippen molar-refractivity contribution in [3.8, 4) is 11.4 Å². The minimum atomic E-state index is 0.398. The molecule has 0 spiro atoms. The first kappa shape index (κ1) is 17.4. The minimum Gasteiger partial charge on any atom is -0.343 e. The highest BCUT2D eigenvalue weighted by Gasteiger charge is 2.14. The van der Waals surface area contributed by atoms with Crippen LogP contribution >= 0.6 is 23.8 Å². The Morgan fingerprint density at radius 1 is 1.20 bits per heavy atom. The molecule has 5 nitrogen and oxygen atoms in total. The summed E-state index contributed by atoms with van der Waals surface area (Å²) in [5.74, 6) is 0.928. The first-order valence-electron chi connectivity index (χ1n) is 7.69. The monoisotopic (exact) mass is 372 g/mol. The second-order valence-corrected chi connectivity index (χ2v) is 6.44. The molecule has 0 aliphatic carbocycles. The van der Waals surface area contributed by atoms with E-state index in [1.54, 1.807) is 6.07 Å². The van der Waals surface area contributed by atoms with Crippen LogP contribution in [0.15, 0.2) is 53.1 Å². The predicted molar refractivity (Wildman–Crippen MR) is 104 cm³/mol. The molecular weight excluding hydrogens is 356 g/mol. The zero-order valence-electron chi connectivity index (χ0n) is 13.9. The third-order valence-corrected chi connectivity index (χ3v) is 4.35. The molecule has 0 saturated carbocycles. The molecule has 7 heteroatoms. The van der Waals surface area contributed by atoms with Gasteiger partial charge in [0.25, 0.3) is 0 Å². The maximum absolute atomic E-state index is 6.16. The molecule has 1 heterocycles. The van der Waals surface area contributed by atoms with Gasteiger partial charge in [0.15, 0.2) is 5.11 Å². The van der Waals surface area contributed by atoms with E-state index in [0.717, 1.165) is 11.3 Å². The summed E-state index contributed by atoms with van der Waals surface area (Å²) in [6.45, 7) is 2.44. The smallest absolute Gasteiger partial charge is 0.246 e. The molecule has 0 saturated heterocycles. The Hall–Kier alpha value is -2.44. The van der Waals surface area contributed by atoms with E-state index in [-0.39, 0.29) is 0 Å². The third kappa shape index (κ3) is 4.35. The van der Waals surface area contributed by atoms with Crippen LogP contribution in [0.3, 0.4) is 0 Å². The molecule has 0 radical (unpaired) electrons. The normalized spacial score (nSPS) is 10.5. The maximum atomic E-state index is 6.16. The topological polar surface area (TPSA) is 54.2 Å². The lowest BCUT2D eigenvalue weighted by atomic mass is 10.2. The second-order valence-electron chi connectivity index (χ2n) is 5.64. The van der Waals surface area contributed by atoms with Crippen molar-refractivity contribution in [2.24, 2.45) is 0 Å². The van der Waals surface area contributed by atoms with Crippen molar-refractivity contribution < 1.29 is 4.52 Å². The van der Waals surface area contributed by atoms with Crippen molar-refractivity contribution in [3.05, 3.63) is 65.0 Å². The van der Waals surface area contributed by atoms with Gasteiger partial charge in [0, 0.05) is 18.3 Å². The van der Waals surface area contributed by atoms with Crippen molar-refractivity contribution >= 4 is 34.6 Å². The lowest BCUT2D eigenvalue weighted by Gasteiger charge is -2.19. The third-order valence-electron chi connectivity index (χ3n) is 3.60. The van der Waals surface area contributed by atoms with Crippen LogP contribution in [0.4, 0.5) is 5.69 Å². The lowest BCUT2D eigenvalue weighted by molar-refractivity contribution is 0.336. The maximum Gasteiger partial charge on any atom is 0.246 e. The van der Waals surface area contributed by atoms with Crippen molar-refractivity contribution in [2.75, 3.05) is 12.4 Å². The van der Waals surface area contributed by atoms with Gasteiger partial charge in [-0.05, 0) is 43.4 Å². The molecule has 3 rings (SSSR count). The molecule has 1 aromatic heterocycles. The van der Waals surface area contributed by atoms with Gasteiger partial charge in [-0.2, -0.15) is 4.98 Å². The second kappa shape index (κ2) is 7.63. The molecule has 0 fully saturated rings. The summed E-state index contributed by atoms with van der Waals surface area (Å²) in [6, 6.07) is 15.4.